The Hall–Kier alpha value is -3.16. The molecule has 2 heterocycles. The number of aryl methyl sites for hydroxylation is 2. The Balaban J connectivity index is 1.74. The van der Waals surface area contributed by atoms with E-state index in [-0.39, 0.29) is 36.2 Å². The van der Waals surface area contributed by atoms with Crippen molar-refractivity contribution in [2.45, 2.75) is 56.1 Å². The van der Waals surface area contributed by atoms with Gasteiger partial charge >= 0.3 is 5.97 Å². The van der Waals surface area contributed by atoms with E-state index in [0.29, 0.717) is 12.2 Å². The zero-order chi connectivity index (χ0) is 24.7. The topological polar surface area (TPSA) is 83.9 Å². The molecule has 6 nitrogen and oxygen atoms in total. The molecule has 7 heteroatoms. The lowest BCUT2D eigenvalue weighted by molar-refractivity contribution is -0.137. The van der Waals surface area contributed by atoms with Gasteiger partial charge in [0.1, 0.15) is 16.7 Å². The minimum absolute atomic E-state index is 0.00377. The number of fused-ring (bicyclic) bond motifs is 5. The highest BCUT2D eigenvalue weighted by atomic mass is 32.2. The predicted molar refractivity (Wildman–Crippen MR) is 133 cm³/mol. The molecule has 0 aliphatic carbocycles. The molecule has 0 saturated heterocycles. The molecule has 0 spiro atoms. The van der Waals surface area contributed by atoms with Crippen LogP contribution in [0.1, 0.15) is 52.5 Å². The quantitative estimate of drug-likeness (QED) is 0.557. The molecule has 1 N–H and O–H groups in total. The van der Waals surface area contributed by atoms with E-state index in [2.05, 4.69) is 0 Å². The Morgan fingerprint density at radius 2 is 1.77 bits per heavy atom. The summed E-state index contributed by atoms with van der Waals surface area (Å²) in [5.74, 6) is -0.945. The first kappa shape index (κ1) is 23.6. The van der Waals surface area contributed by atoms with E-state index in [1.165, 1.54) is 4.31 Å². The Morgan fingerprint density at radius 3 is 2.54 bits per heavy atom. The van der Waals surface area contributed by atoms with Gasteiger partial charge in [0.2, 0.25) is 10.0 Å². The maximum absolute atomic E-state index is 13.8. The van der Waals surface area contributed by atoms with Crippen molar-refractivity contribution in [1.29, 1.82) is 0 Å². The van der Waals surface area contributed by atoms with Gasteiger partial charge in [0, 0.05) is 12.5 Å². The fourth-order valence-corrected chi connectivity index (χ4v) is 6.95. The van der Waals surface area contributed by atoms with Crippen LogP contribution in [0.2, 0.25) is 0 Å². The van der Waals surface area contributed by atoms with E-state index in [1.54, 1.807) is 24.3 Å². The Bertz CT molecular complexity index is 1380. The zero-order valence-corrected chi connectivity index (χ0v) is 20.7. The summed E-state index contributed by atoms with van der Waals surface area (Å²) < 4.78 is 35.6. The predicted octanol–water partition coefficient (Wildman–Crippen LogP) is 5.00. The van der Waals surface area contributed by atoms with Crippen LogP contribution < -0.4 is 4.74 Å². The van der Waals surface area contributed by atoms with Crippen molar-refractivity contribution in [3.8, 4) is 5.75 Å². The minimum atomic E-state index is -3.80. The highest BCUT2D eigenvalue weighted by molar-refractivity contribution is 7.89. The van der Waals surface area contributed by atoms with Crippen LogP contribution in [-0.2, 0) is 21.4 Å². The standard InChI is InChI=1S/C28H29NO5S/c1-18-11-12-20-13-22(18)16-29-17-26(34-25-9-5-6-10-27(25)35(29,32)33)24(14-21(20)15-28(30)31)23-8-4-3-7-19(23)2/h3-13,21,24,26H,14-17H2,1-2H3,(H,30,31)/t21?,24?,26-/m0/s1. The summed E-state index contributed by atoms with van der Waals surface area (Å²) in [6, 6.07) is 20.8. The molecular weight excluding hydrogens is 462 g/mol. The van der Waals surface area contributed by atoms with E-state index in [4.69, 9.17) is 4.74 Å². The van der Waals surface area contributed by atoms with Gasteiger partial charge in [0.25, 0.3) is 0 Å². The number of hydrogen-bond donors (Lipinski definition) is 1. The van der Waals surface area contributed by atoms with Crippen LogP contribution in [0, 0.1) is 13.8 Å². The molecule has 2 aliphatic rings. The van der Waals surface area contributed by atoms with Crippen LogP contribution in [0.3, 0.4) is 0 Å². The molecule has 0 fully saturated rings. The Kier molecular flexibility index (Phi) is 6.15. The molecule has 35 heavy (non-hydrogen) atoms. The number of aliphatic carboxylic acids is 1. The van der Waals surface area contributed by atoms with Crippen molar-refractivity contribution in [2.75, 3.05) is 6.54 Å². The maximum Gasteiger partial charge on any atom is 0.303 e. The molecule has 0 aromatic heterocycles. The van der Waals surface area contributed by atoms with E-state index >= 15 is 0 Å². The van der Waals surface area contributed by atoms with Gasteiger partial charge in [-0.2, -0.15) is 4.31 Å². The van der Waals surface area contributed by atoms with Gasteiger partial charge in [0.05, 0.1) is 13.0 Å². The summed E-state index contributed by atoms with van der Waals surface area (Å²) in [6.45, 7) is 4.37. The second-order valence-corrected chi connectivity index (χ2v) is 11.5. The number of carbonyl (C=O) groups is 1. The van der Waals surface area contributed by atoms with Gasteiger partial charge in [-0.3, -0.25) is 4.79 Å². The van der Waals surface area contributed by atoms with Crippen molar-refractivity contribution in [3.63, 3.8) is 0 Å². The third-order valence-corrected chi connectivity index (χ3v) is 9.17. The summed E-state index contributed by atoms with van der Waals surface area (Å²) >= 11 is 0. The fraction of sp³-hybridized carbons (Fsp3) is 0.321. The molecule has 3 aromatic carbocycles. The Labute approximate surface area is 206 Å². The largest absolute Gasteiger partial charge is 0.487 e. The van der Waals surface area contributed by atoms with Gasteiger partial charge in [-0.1, -0.05) is 54.6 Å². The highest BCUT2D eigenvalue weighted by Crippen LogP contribution is 2.42. The van der Waals surface area contributed by atoms with E-state index < -0.39 is 22.1 Å². The molecule has 3 unspecified atom stereocenters. The maximum atomic E-state index is 13.8. The van der Waals surface area contributed by atoms with Gasteiger partial charge < -0.3 is 9.84 Å². The average molecular weight is 492 g/mol. The van der Waals surface area contributed by atoms with Crippen LogP contribution in [0.4, 0.5) is 0 Å². The zero-order valence-electron chi connectivity index (χ0n) is 19.8. The summed E-state index contributed by atoms with van der Waals surface area (Å²) in [6.07, 6.45) is 0.0477. The number of benzene rings is 3. The number of nitrogens with zero attached hydrogens (tertiary/aromatic N) is 1. The molecule has 0 amide bonds. The van der Waals surface area contributed by atoms with Crippen LogP contribution >= 0.6 is 0 Å². The second-order valence-electron chi connectivity index (χ2n) is 9.58. The van der Waals surface area contributed by atoms with Crippen molar-refractivity contribution in [3.05, 3.63) is 94.5 Å². The van der Waals surface area contributed by atoms with Crippen molar-refractivity contribution in [1.82, 2.24) is 4.31 Å². The van der Waals surface area contributed by atoms with Crippen LogP contribution in [0.15, 0.2) is 71.6 Å². The third kappa shape index (κ3) is 4.46. The molecule has 3 aromatic rings. The number of hydrogen-bond acceptors (Lipinski definition) is 4. The number of para-hydroxylation sites is 1. The van der Waals surface area contributed by atoms with Gasteiger partial charge in [-0.15, -0.1) is 0 Å². The number of carboxylic acid groups (broad SMARTS) is 1. The lowest BCUT2D eigenvalue weighted by atomic mass is 9.78. The SMILES string of the molecule is Cc1ccc2cc1CN1C[C@H](Oc3ccccc3S1(=O)=O)C(c1ccccc1C)CC2CC(=O)O. The first-order valence-electron chi connectivity index (χ1n) is 11.9. The molecule has 2 aliphatic heterocycles. The van der Waals surface area contributed by atoms with E-state index in [1.807, 2.05) is 56.3 Å². The molecule has 0 radical (unpaired) electrons. The molecule has 182 valence electrons. The first-order valence-corrected chi connectivity index (χ1v) is 13.3. The number of ether oxygens (including phenoxy) is 1. The van der Waals surface area contributed by atoms with Crippen molar-refractivity contribution in [2.24, 2.45) is 0 Å². The van der Waals surface area contributed by atoms with Crippen molar-refractivity contribution < 1.29 is 23.1 Å². The van der Waals surface area contributed by atoms with Crippen LogP contribution in [0.25, 0.3) is 0 Å². The summed E-state index contributed by atoms with van der Waals surface area (Å²) in [5, 5.41) is 9.75. The number of carboxylic acids is 1. The van der Waals surface area contributed by atoms with E-state index in [0.717, 1.165) is 27.8 Å². The summed E-state index contributed by atoms with van der Waals surface area (Å²) in [4.78, 5) is 12.1. The van der Waals surface area contributed by atoms with Crippen LogP contribution in [0.5, 0.6) is 5.75 Å². The summed E-state index contributed by atoms with van der Waals surface area (Å²) in [5.41, 5.74) is 4.90. The second kappa shape index (κ2) is 9.13. The highest BCUT2D eigenvalue weighted by Gasteiger charge is 2.40. The smallest absolute Gasteiger partial charge is 0.303 e. The van der Waals surface area contributed by atoms with Crippen LogP contribution in [-0.4, -0.2) is 36.4 Å². The van der Waals surface area contributed by atoms with Crippen molar-refractivity contribution >= 4 is 16.0 Å². The molecule has 4 atom stereocenters. The molecule has 5 rings (SSSR count). The monoisotopic (exact) mass is 491 g/mol. The minimum Gasteiger partial charge on any atom is -0.487 e. The lowest BCUT2D eigenvalue weighted by Crippen LogP contribution is -2.41. The normalized spacial score (nSPS) is 25.0. The number of rotatable bonds is 3. The summed E-state index contributed by atoms with van der Waals surface area (Å²) in [7, 11) is -3.80. The van der Waals surface area contributed by atoms with Gasteiger partial charge in [0.15, 0.2) is 0 Å². The van der Waals surface area contributed by atoms with Gasteiger partial charge in [-0.25, -0.2) is 8.42 Å². The Morgan fingerprint density at radius 1 is 1.03 bits per heavy atom. The number of sulfonamides is 1. The molecular formula is C28H29NO5S. The van der Waals surface area contributed by atoms with Gasteiger partial charge in [-0.05, 0) is 66.1 Å². The fourth-order valence-electron chi connectivity index (χ4n) is 5.40. The molecule has 4 bridgehead atoms. The average Bonchev–Trinajstić information content (AvgIpc) is 2.92. The first-order chi connectivity index (χ1) is 16.7. The lowest BCUT2D eigenvalue weighted by Gasteiger charge is -2.34. The van der Waals surface area contributed by atoms with E-state index in [9.17, 15) is 18.3 Å². The third-order valence-electron chi connectivity index (χ3n) is 7.32. The molecule has 0 saturated carbocycles.